The van der Waals surface area contributed by atoms with E-state index in [-0.39, 0.29) is 24.3 Å². The molecule has 1 aliphatic rings. The first-order chi connectivity index (χ1) is 11.6. The van der Waals surface area contributed by atoms with Crippen molar-refractivity contribution in [3.8, 4) is 5.69 Å². The number of benzene rings is 1. The number of hydrogen-bond acceptors (Lipinski definition) is 5. The van der Waals surface area contributed by atoms with Crippen LogP contribution in [0.2, 0.25) is 0 Å². The van der Waals surface area contributed by atoms with E-state index < -0.39 is 0 Å². The highest BCUT2D eigenvalue weighted by molar-refractivity contribution is 5.69. The summed E-state index contributed by atoms with van der Waals surface area (Å²) in [6, 6.07) is 8.14. The number of carbonyl (C=O) groups is 1. The number of aromatic nitrogens is 2. The van der Waals surface area contributed by atoms with E-state index in [0.29, 0.717) is 19.7 Å². The number of morpholine rings is 1. The molecule has 1 aromatic carbocycles. The molecule has 1 fully saturated rings. The SMILES string of the molecule is COC(=O)C[C@H]1CN(Cc2ccn(-c3ccc(F)cc3)n2)CCO1. The van der Waals surface area contributed by atoms with Crippen LogP contribution in [0.1, 0.15) is 12.1 Å². The molecule has 0 N–H and O–H groups in total. The van der Waals surface area contributed by atoms with Gasteiger partial charge in [-0.25, -0.2) is 9.07 Å². The Morgan fingerprint density at radius 3 is 2.92 bits per heavy atom. The number of esters is 1. The predicted octanol–water partition coefficient (Wildman–Crippen LogP) is 1.78. The molecule has 0 saturated carbocycles. The van der Waals surface area contributed by atoms with Crippen LogP contribution in [0.25, 0.3) is 5.69 Å². The largest absolute Gasteiger partial charge is 0.469 e. The van der Waals surface area contributed by atoms with E-state index in [4.69, 9.17) is 4.74 Å². The van der Waals surface area contributed by atoms with Crippen LogP contribution >= 0.6 is 0 Å². The van der Waals surface area contributed by atoms with Gasteiger partial charge in [0.05, 0.1) is 37.6 Å². The normalized spacial score (nSPS) is 18.5. The summed E-state index contributed by atoms with van der Waals surface area (Å²) in [6.45, 7) is 2.72. The molecule has 0 spiro atoms. The first-order valence-corrected chi connectivity index (χ1v) is 7.85. The summed E-state index contributed by atoms with van der Waals surface area (Å²) in [5.74, 6) is -0.529. The van der Waals surface area contributed by atoms with Gasteiger partial charge in [-0.2, -0.15) is 5.10 Å². The maximum Gasteiger partial charge on any atom is 0.308 e. The number of halogens is 1. The Kier molecular flexibility index (Phi) is 5.22. The Labute approximate surface area is 139 Å². The van der Waals surface area contributed by atoms with E-state index in [9.17, 15) is 9.18 Å². The molecule has 2 aromatic rings. The van der Waals surface area contributed by atoms with Crippen molar-refractivity contribution in [3.63, 3.8) is 0 Å². The zero-order valence-electron chi connectivity index (χ0n) is 13.5. The van der Waals surface area contributed by atoms with Gasteiger partial charge in [-0.15, -0.1) is 0 Å². The minimum Gasteiger partial charge on any atom is -0.469 e. The maximum absolute atomic E-state index is 13.0. The summed E-state index contributed by atoms with van der Waals surface area (Å²) in [6.07, 6.45) is 1.97. The smallest absolute Gasteiger partial charge is 0.308 e. The molecular weight excluding hydrogens is 313 g/mol. The number of hydrogen-bond donors (Lipinski definition) is 0. The number of nitrogens with zero attached hydrogens (tertiary/aromatic N) is 3. The van der Waals surface area contributed by atoms with Gasteiger partial charge in [0.15, 0.2) is 0 Å². The number of methoxy groups -OCH3 is 1. The quantitative estimate of drug-likeness (QED) is 0.781. The number of ether oxygens (including phenoxy) is 2. The third-order valence-electron chi connectivity index (χ3n) is 3.97. The van der Waals surface area contributed by atoms with Gasteiger partial charge in [0.25, 0.3) is 0 Å². The summed E-state index contributed by atoms with van der Waals surface area (Å²) < 4.78 is 25.0. The van der Waals surface area contributed by atoms with Crippen LogP contribution < -0.4 is 0 Å². The lowest BCUT2D eigenvalue weighted by molar-refractivity contribution is -0.145. The van der Waals surface area contributed by atoms with Crippen molar-refractivity contribution in [1.82, 2.24) is 14.7 Å². The molecule has 1 aromatic heterocycles. The highest BCUT2D eigenvalue weighted by Crippen LogP contribution is 2.14. The van der Waals surface area contributed by atoms with Crippen LogP contribution in [-0.2, 0) is 20.8 Å². The van der Waals surface area contributed by atoms with Gasteiger partial charge in [0.1, 0.15) is 5.82 Å². The van der Waals surface area contributed by atoms with Crippen LogP contribution in [-0.4, -0.2) is 53.6 Å². The zero-order chi connectivity index (χ0) is 16.9. The van der Waals surface area contributed by atoms with Crippen LogP contribution in [0.5, 0.6) is 0 Å². The zero-order valence-corrected chi connectivity index (χ0v) is 13.5. The molecule has 24 heavy (non-hydrogen) atoms. The summed E-state index contributed by atoms with van der Waals surface area (Å²) in [7, 11) is 1.38. The lowest BCUT2D eigenvalue weighted by atomic mass is 10.2. The molecule has 1 atom stereocenters. The molecule has 2 heterocycles. The van der Waals surface area contributed by atoms with Gasteiger partial charge in [0, 0.05) is 25.8 Å². The third kappa shape index (κ3) is 4.18. The fraction of sp³-hybridized carbons (Fsp3) is 0.412. The van der Waals surface area contributed by atoms with E-state index >= 15 is 0 Å². The monoisotopic (exact) mass is 333 g/mol. The van der Waals surface area contributed by atoms with Crippen LogP contribution in [0.3, 0.4) is 0 Å². The first kappa shape index (κ1) is 16.6. The first-order valence-electron chi connectivity index (χ1n) is 7.85. The fourth-order valence-corrected chi connectivity index (χ4v) is 2.73. The van der Waals surface area contributed by atoms with E-state index in [1.165, 1.54) is 19.2 Å². The van der Waals surface area contributed by atoms with E-state index in [1.54, 1.807) is 16.8 Å². The van der Waals surface area contributed by atoms with Crippen molar-refractivity contribution in [2.75, 3.05) is 26.8 Å². The molecule has 0 amide bonds. The molecule has 7 heteroatoms. The lowest BCUT2D eigenvalue weighted by Crippen LogP contribution is -2.43. The van der Waals surface area contributed by atoms with Gasteiger partial charge in [-0.1, -0.05) is 0 Å². The fourth-order valence-electron chi connectivity index (χ4n) is 2.73. The average Bonchev–Trinajstić information content (AvgIpc) is 3.04. The highest BCUT2D eigenvalue weighted by Gasteiger charge is 2.23. The Morgan fingerprint density at radius 1 is 1.38 bits per heavy atom. The van der Waals surface area contributed by atoms with Gasteiger partial charge in [-0.3, -0.25) is 9.69 Å². The molecule has 128 valence electrons. The lowest BCUT2D eigenvalue weighted by Gasteiger charge is -2.31. The number of carbonyl (C=O) groups excluding carboxylic acids is 1. The summed E-state index contributed by atoms with van der Waals surface area (Å²) in [4.78, 5) is 13.6. The van der Waals surface area contributed by atoms with Crippen LogP contribution in [0, 0.1) is 5.82 Å². The minimum atomic E-state index is -0.268. The van der Waals surface area contributed by atoms with Crippen molar-refractivity contribution < 1.29 is 18.7 Å². The summed E-state index contributed by atoms with van der Waals surface area (Å²) >= 11 is 0. The summed E-state index contributed by atoms with van der Waals surface area (Å²) in [5, 5.41) is 4.53. The van der Waals surface area contributed by atoms with E-state index in [0.717, 1.165) is 17.9 Å². The van der Waals surface area contributed by atoms with Crippen molar-refractivity contribution in [2.24, 2.45) is 0 Å². The predicted molar refractivity (Wildman–Crippen MR) is 85.2 cm³/mol. The topological polar surface area (TPSA) is 56.6 Å². The van der Waals surface area contributed by atoms with Gasteiger partial charge < -0.3 is 9.47 Å². The Balaban J connectivity index is 1.60. The molecule has 0 aliphatic carbocycles. The highest BCUT2D eigenvalue weighted by atomic mass is 19.1. The standard InChI is InChI=1S/C17H20FN3O3/c1-23-17(22)10-16-12-20(8-9-24-16)11-14-6-7-21(19-14)15-4-2-13(18)3-5-15/h2-7,16H,8-12H2,1H3/t16-/m0/s1. The molecular formula is C17H20FN3O3. The molecule has 1 saturated heterocycles. The summed E-state index contributed by atoms with van der Waals surface area (Å²) in [5.41, 5.74) is 1.73. The van der Waals surface area contributed by atoms with E-state index in [2.05, 4.69) is 14.7 Å². The van der Waals surface area contributed by atoms with Crippen molar-refractivity contribution in [1.29, 1.82) is 0 Å². The average molecular weight is 333 g/mol. The van der Waals surface area contributed by atoms with Crippen molar-refractivity contribution >= 4 is 5.97 Å². The number of rotatable bonds is 5. The third-order valence-corrected chi connectivity index (χ3v) is 3.97. The van der Waals surface area contributed by atoms with Gasteiger partial charge in [0.2, 0.25) is 0 Å². The Morgan fingerprint density at radius 2 is 2.17 bits per heavy atom. The van der Waals surface area contributed by atoms with Crippen LogP contribution in [0.4, 0.5) is 4.39 Å². The molecule has 0 bridgehead atoms. The Hall–Kier alpha value is -2.25. The van der Waals surface area contributed by atoms with Crippen molar-refractivity contribution in [2.45, 2.75) is 19.1 Å². The maximum atomic E-state index is 13.0. The van der Waals surface area contributed by atoms with Crippen LogP contribution in [0.15, 0.2) is 36.5 Å². The van der Waals surface area contributed by atoms with E-state index in [1.807, 2.05) is 12.3 Å². The molecule has 1 aliphatic heterocycles. The molecule has 0 unspecified atom stereocenters. The second kappa shape index (κ2) is 7.55. The van der Waals surface area contributed by atoms with Gasteiger partial charge >= 0.3 is 5.97 Å². The molecule has 6 nitrogen and oxygen atoms in total. The Bertz CT molecular complexity index is 687. The molecule has 0 radical (unpaired) electrons. The second-order valence-corrected chi connectivity index (χ2v) is 5.74. The van der Waals surface area contributed by atoms with Gasteiger partial charge in [-0.05, 0) is 30.3 Å². The minimum absolute atomic E-state index is 0.148. The van der Waals surface area contributed by atoms with Crippen molar-refractivity contribution in [3.05, 3.63) is 48.0 Å². The molecule has 3 rings (SSSR count). The second-order valence-electron chi connectivity index (χ2n) is 5.74.